The van der Waals surface area contributed by atoms with Gasteiger partial charge in [0.15, 0.2) is 5.82 Å². The van der Waals surface area contributed by atoms with Gasteiger partial charge in [0, 0.05) is 33.8 Å². The van der Waals surface area contributed by atoms with E-state index in [-0.39, 0.29) is 5.82 Å². The number of H-pyrrole nitrogens is 2. The van der Waals surface area contributed by atoms with Gasteiger partial charge in [-0.1, -0.05) is 0 Å². The maximum absolute atomic E-state index is 14.9. The molecule has 5 rings (SSSR count). The summed E-state index contributed by atoms with van der Waals surface area (Å²) in [6.45, 7) is 3.96. The second-order valence-electron chi connectivity index (χ2n) is 6.86. The van der Waals surface area contributed by atoms with Crippen LogP contribution in [0.5, 0.6) is 0 Å². The van der Waals surface area contributed by atoms with E-state index in [1.54, 1.807) is 6.20 Å². The number of nitrogens with one attached hydrogen (secondary N) is 2. The summed E-state index contributed by atoms with van der Waals surface area (Å²) < 4.78 is 14.9. The Morgan fingerprint density at radius 2 is 1.80 bits per heavy atom. The smallest absolute Gasteiger partial charge is 0.151 e. The van der Waals surface area contributed by atoms with Gasteiger partial charge in [0.1, 0.15) is 5.52 Å². The molecule has 1 aliphatic rings. The van der Waals surface area contributed by atoms with Crippen molar-refractivity contribution in [3.8, 4) is 11.3 Å². The minimum atomic E-state index is -0.315. The fourth-order valence-corrected chi connectivity index (χ4v) is 4.13. The van der Waals surface area contributed by atoms with Gasteiger partial charge in [-0.25, -0.2) is 9.37 Å². The monoisotopic (exact) mass is 335 g/mol. The third-order valence-corrected chi connectivity index (χ3v) is 5.32. The third kappa shape index (κ3) is 1.97. The highest BCUT2D eigenvalue weighted by atomic mass is 19.1. The van der Waals surface area contributed by atoms with Crippen molar-refractivity contribution in [3.63, 3.8) is 0 Å². The fraction of sp³-hybridized carbons (Fsp3) is 0.316. The molecule has 0 fully saturated rings. The molecule has 6 heteroatoms. The first-order chi connectivity index (χ1) is 12.1. The predicted molar refractivity (Wildman–Crippen MR) is 95.1 cm³/mol. The number of halogens is 1. The van der Waals surface area contributed by atoms with Gasteiger partial charge in [0.25, 0.3) is 0 Å². The zero-order chi connectivity index (χ0) is 17.1. The highest BCUT2D eigenvalue weighted by molar-refractivity contribution is 6.09. The Morgan fingerprint density at radius 1 is 1.00 bits per heavy atom. The van der Waals surface area contributed by atoms with Gasteiger partial charge in [0.2, 0.25) is 0 Å². The lowest BCUT2D eigenvalue weighted by molar-refractivity contribution is 0.636. The first kappa shape index (κ1) is 14.6. The van der Waals surface area contributed by atoms with Crippen LogP contribution in [0.15, 0.2) is 12.3 Å². The molecule has 0 saturated heterocycles. The maximum Gasteiger partial charge on any atom is 0.151 e. The van der Waals surface area contributed by atoms with E-state index in [4.69, 9.17) is 4.98 Å². The van der Waals surface area contributed by atoms with E-state index in [1.165, 1.54) is 17.2 Å². The highest BCUT2D eigenvalue weighted by Crippen LogP contribution is 2.39. The van der Waals surface area contributed by atoms with Crippen molar-refractivity contribution in [1.29, 1.82) is 0 Å². The summed E-state index contributed by atoms with van der Waals surface area (Å²) in [7, 11) is 0. The topological polar surface area (TPSA) is 70.2 Å². The molecule has 0 spiro atoms. The van der Waals surface area contributed by atoms with Gasteiger partial charge in [0.05, 0.1) is 17.4 Å². The number of pyridine rings is 1. The SMILES string of the molecule is Cc1[nH]ncc1-c1nc2c(F)cc3n[nH]c(C)c3c2c2c1CCCC2. The molecule has 1 aromatic carbocycles. The molecule has 5 nitrogen and oxygen atoms in total. The Labute approximate surface area is 143 Å². The van der Waals surface area contributed by atoms with Crippen molar-refractivity contribution in [2.75, 3.05) is 0 Å². The lowest BCUT2D eigenvalue weighted by Crippen LogP contribution is -2.09. The van der Waals surface area contributed by atoms with Crippen LogP contribution >= 0.6 is 0 Å². The van der Waals surface area contributed by atoms with Crippen LogP contribution in [0.25, 0.3) is 33.1 Å². The highest BCUT2D eigenvalue weighted by Gasteiger charge is 2.24. The molecule has 1 aliphatic carbocycles. The van der Waals surface area contributed by atoms with Crippen LogP contribution < -0.4 is 0 Å². The van der Waals surface area contributed by atoms with E-state index in [9.17, 15) is 4.39 Å². The van der Waals surface area contributed by atoms with Crippen LogP contribution in [0.1, 0.15) is 35.4 Å². The molecular formula is C19H18FN5. The Balaban J connectivity index is 1.99. The summed E-state index contributed by atoms with van der Waals surface area (Å²) in [6.07, 6.45) is 5.95. The number of nitrogens with zero attached hydrogens (tertiary/aromatic N) is 3. The van der Waals surface area contributed by atoms with E-state index >= 15 is 0 Å². The molecule has 0 saturated carbocycles. The number of aromatic nitrogens is 5. The van der Waals surface area contributed by atoms with Crippen LogP contribution in [0.2, 0.25) is 0 Å². The quantitative estimate of drug-likeness (QED) is 0.549. The number of hydrogen-bond donors (Lipinski definition) is 2. The number of hydrogen-bond acceptors (Lipinski definition) is 3. The number of rotatable bonds is 1. The van der Waals surface area contributed by atoms with Gasteiger partial charge < -0.3 is 0 Å². The molecule has 25 heavy (non-hydrogen) atoms. The summed E-state index contributed by atoms with van der Waals surface area (Å²) >= 11 is 0. The first-order valence-corrected chi connectivity index (χ1v) is 8.64. The maximum atomic E-state index is 14.9. The minimum Gasteiger partial charge on any atom is -0.282 e. The molecule has 0 radical (unpaired) electrons. The van der Waals surface area contributed by atoms with Crippen molar-refractivity contribution in [1.82, 2.24) is 25.4 Å². The van der Waals surface area contributed by atoms with E-state index in [1.807, 2.05) is 13.8 Å². The van der Waals surface area contributed by atoms with Gasteiger partial charge in [-0.15, -0.1) is 0 Å². The predicted octanol–water partition coefficient (Wildman–Crippen LogP) is 4.14. The molecule has 0 atom stereocenters. The largest absolute Gasteiger partial charge is 0.282 e. The summed E-state index contributed by atoms with van der Waals surface area (Å²) in [6, 6.07) is 1.48. The van der Waals surface area contributed by atoms with Crippen molar-refractivity contribution in [2.24, 2.45) is 0 Å². The van der Waals surface area contributed by atoms with Crippen LogP contribution in [0, 0.1) is 19.7 Å². The van der Waals surface area contributed by atoms with Crippen molar-refractivity contribution in [2.45, 2.75) is 39.5 Å². The van der Waals surface area contributed by atoms with E-state index in [2.05, 4.69) is 20.4 Å². The van der Waals surface area contributed by atoms with Crippen molar-refractivity contribution >= 4 is 21.8 Å². The molecule has 0 aliphatic heterocycles. The Kier molecular flexibility index (Phi) is 2.98. The molecule has 3 heterocycles. The summed E-state index contributed by atoms with van der Waals surface area (Å²) in [5.41, 5.74) is 7.31. The van der Waals surface area contributed by atoms with Gasteiger partial charge >= 0.3 is 0 Å². The molecule has 4 aromatic rings. The average Bonchev–Trinajstić information content (AvgIpc) is 3.20. The number of fused-ring (bicyclic) bond motifs is 5. The van der Waals surface area contributed by atoms with Gasteiger partial charge in [-0.05, 0) is 50.7 Å². The average molecular weight is 335 g/mol. The summed E-state index contributed by atoms with van der Waals surface area (Å²) in [5.74, 6) is -0.315. The normalized spacial score (nSPS) is 14.4. The van der Waals surface area contributed by atoms with E-state index < -0.39 is 0 Å². The second-order valence-corrected chi connectivity index (χ2v) is 6.86. The second kappa shape index (κ2) is 5.12. The zero-order valence-corrected chi connectivity index (χ0v) is 14.2. The number of benzene rings is 1. The van der Waals surface area contributed by atoms with Crippen molar-refractivity contribution < 1.29 is 4.39 Å². The van der Waals surface area contributed by atoms with Crippen LogP contribution in [-0.4, -0.2) is 25.4 Å². The number of aromatic amines is 2. The lowest BCUT2D eigenvalue weighted by atomic mass is 9.85. The summed E-state index contributed by atoms with van der Waals surface area (Å²) in [4.78, 5) is 4.79. The molecule has 126 valence electrons. The third-order valence-electron chi connectivity index (χ3n) is 5.32. The Hall–Kier alpha value is -2.76. The molecular weight excluding hydrogens is 317 g/mol. The Bertz CT molecular complexity index is 1140. The van der Waals surface area contributed by atoms with Gasteiger partial charge in [-0.3, -0.25) is 10.2 Å². The lowest BCUT2D eigenvalue weighted by Gasteiger charge is -2.22. The zero-order valence-electron chi connectivity index (χ0n) is 14.2. The molecule has 0 bridgehead atoms. The van der Waals surface area contributed by atoms with Gasteiger partial charge in [-0.2, -0.15) is 10.2 Å². The fourth-order valence-electron chi connectivity index (χ4n) is 4.13. The van der Waals surface area contributed by atoms with E-state index in [0.29, 0.717) is 11.0 Å². The Morgan fingerprint density at radius 3 is 2.56 bits per heavy atom. The molecule has 0 unspecified atom stereocenters. The van der Waals surface area contributed by atoms with Crippen LogP contribution in [-0.2, 0) is 12.8 Å². The minimum absolute atomic E-state index is 0.315. The van der Waals surface area contributed by atoms with Crippen molar-refractivity contribution in [3.05, 3.63) is 40.6 Å². The standard InChI is InChI=1S/C19H18FN5/c1-9-13(8-21-23-9)18-12-6-4-3-5-11(12)17-16-10(2)24-25-15(16)7-14(20)19(17)22-18/h7-8H,3-6H2,1-2H3,(H,21,23)(H,24,25). The molecule has 2 N–H and O–H groups in total. The number of aryl methyl sites for hydroxylation is 3. The van der Waals surface area contributed by atoms with Crippen LogP contribution in [0.4, 0.5) is 4.39 Å². The van der Waals surface area contributed by atoms with Crippen LogP contribution in [0.3, 0.4) is 0 Å². The van der Waals surface area contributed by atoms with E-state index in [0.717, 1.165) is 59.1 Å². The molecule has 3 aromatic heterocycles. The molecule has 0 amide bonds. The summed E-state index contributed by atoms with van der Waals surface area (Å²) in [5, 5.41) is 16.3. The first-order valence-electron chi connectivity index (χ1n) is 8.64.